The van der Waals surface area contributed by atoms with Gasteiger partial charge in [0.2, 0.25) is 0 Å². The molecule has 0 aromatic carbocycles. The van der Waals surface area contributed by atoms with E-state index < -0.39 is 16.0 Å². The Labute approximate surface area is 96.5 Å². The molecule has 0 aliphatic heterocycles. The van der Waals surface area contributed by atoms with Gasteiger partial charge >= 0.3 is 5.97 Å². The number of ether oxygens (including phenoxy) is 1. The first-order valence-corrected chi connectivity index (χ1v) is 6.15. The van der Waals surface area contributed by atoms with Crippen LogP contribution in [0.25, 0.3) is 0 Å². The van der Waals surface area contributed by atoms with Gasteiger partial charge in [-0.2, -0.15) is 0 Å². The van der Waals surface area contributed by atoms with Gasteiger partial charge in [-0.1, -0.05) is 0 Å². The molecule has 16 heavy (non-hydrogen) atoms. The average molecular weight is 250 g/mol. The molecule has 0 unspecified atom stereocenters. The van der Waals surface area contributed by atoms with Gasteiger partial charge in [0.25, 0.3) is 10.0 Å². The van der Waals surface area contributed by atoms with Crippen LogP contribution in [0.5, 0.6) is 0 Å². The predicted molar refractivity (Wildman–Crippen MR) is 61.0 cm³/mol. The number of carbonyl (C=O) groups excluding carboxylic acids is 1. The van der Waals surface area contributed by atoms with E-state index in [1.807, 2.05) is 0 Å². The van der Waals surface area contributed by atoms with Crippen LogP contribution in [0.2, 0.25) is 0 Å². The minimum absolute atomic E-state index is 0.131. The molecule has 0 fully saturated rings. The zero-order chi connectivity index (χ0) is 12.9. The fourth-order valence-corrected chi connectivity index (χ4v) is 1.87. The number of esters is 1. The minimum Gasteiger partial charge on any atom is -0.462 e. The molecule has 0 saturated heterocycles. The Kier molecular flexibility index (Phi) is 5.46. The van der Waals surface area contributed by atoms with Crippen molar-refractivity contribution >= 4 is 16.0 Å². The molecule has 0 aromatic rings. The zero-order valence-corrected chi connectivity index (χ0v) is 11.0. The van der Waals surface area contributed by atoms with E-state index >= 15 is 0 Å². The summed E-state index contributed by atoms with van der Waals surface area (Å²) >= 11 is 0. The van der Waals surface area contributed by atoms with E-state index in [0.717, 1.165) is 4.31 Å². The first-order valence-electron chi connectivity index (χ1n) is 4.71. The largest absolute Gasteiger partial charge is 0.462 e. The van der Waals surface area contributed by atoms with Crippen LogP contribution < -0.4 is 0 Å². The van der Waals surface area contributed by atoms with Gasteiger partial charge < -0.3 is 9.64 Å². The number of hydrogen-bond donors (Lipinski definition) is 0. The Hall–Kier alpha value is -1.08. The fourth-order valence-electron chi connectivity index (χ4n) is 0.858. The molecule has 0 bridgehead atoms. The predicted octanol–water partition coefficient (Wildman–Crippen LogP) is -0.156. The zero-order valence-electron chi connectivity index (χ0n) is 10.2. The highest BCUT2D eigenvalue weighted by Gasteiger charge is 2.28. The van der Waals surface area contributed by atoms with E-state index in [9.17, 15) is 13.2 Å². The second kappa shape index (κ2) is 5.86. The standard InChI is InChI=1S/C9H18N2O4S/c1-6-15-9(12)8(7-10(2)3)16(13,14)11(4)5/h7H,6H2,1-5H3/b8-7+. The second-order valence-electron chi connectivity index (χ2n) is 3.46. The maximum absolute atomic E-state index is 11.8. The number of sulfonamides is 1. The quantitative estimate of drug-likeness (QED) is 0.501. The van der Waals surface area contributed by atoms with Crippen molar-refractivity contribution in [1.29, 1.82) is 0 Å². The molecular formula is C9H18N2O4S. The Balaban J connectivity index is 5.37. The van der Waals surface area contributed by atoms with Crippen molar-refractivity contribution in [2.75, 3.05) is 34.8 Å². The third-order valence-electron chi connectivity index (χ3n) is 1.61. The highest BCUT2D eigenvalue weighted by Crippen LogP contribution is 2.12. The number of nitrogens with zero attached hydrogens (tertiary/aromatic N) is 2. The van der Waals surface area contributed by atoms with E-state index in [4.69, 9.17) is 4.74 Å². The number of hydrogen-bond acceptors (Lipinski definition) is 5. The first kappa shape index (κ1) is 14.9. The topological polar surface area (TPSA) is 66.9 Å². The van der Waals surface area contributed by atoms with Crippen LogP contribution in [0.15, 0.2) is 11.1 Å². The third-order valence-corrected chi connectivity index (χ3v) is 3.40. The lowest BCUT2D eigenvalue weighted by molar-refractivity contribution is -0.137. The maximum atomic E-state index is 11.8. The van der Waals surface area contributed by atoms with Gasteiger partial charge in [-0.05, 0) is 6.92 Å². The van der Waals surface area contributed by atoms with E-state index in [1.54, 1.807) is 21.0 Å². The monoisotopic (exact) mass is 250 g/mol. The molecular weight excluding hydrogens is 232 g/mol. The van der Waals surface area contributed by atoms with Crippen LogP contribution in [-0.2, 0) is 19.6 Å². The molecule has 0 N–H and O–H groups in total. The summed E-state index contributed by atoms with van der Waals surface area (Å²) in [5, 5.41) is 0. The van der Waals surface area contributed by atoms with Crippen molar-refractivity contribution in [3.8, 4) is 0 Å². The van der Waals surface area contributed by atoms with Crippen LogP contribution >= 0.6 is 0 Å². The van der Waals surface area contributed by atoms with Crippen molar-refractivity contribution < 1.29 is 17.9 Å². The van der Waals surface area contributed by atoms with Crippen molar-refractivity contribution in [2.45, 2.75) is 6.92 Å². The Morgan fingerprint density at radius 2 is 1.75 bits per heavy atom. The molecule has 0 aliphatic rings. The molecule has 0 rings (SSSR count). The molecule has 6 nitrogen and oxygen atoms in total. The highest BCUT2D eigenvalue weighted by molar-refractivity contribution is 7.93. The normalized spacial score (nSPS) is 12.8. The minimum atomic E-state index is -3.78. The van der Waals surface area contributed by atoms with Crippen LogP contribution in [0, 0.1) is 0 Å². The summed E-state index contributed by atoms with van der Waals surface area (Å²) in [6.07, 6.45) is 1.23. The van der Waals surface area contributed by atoms with Crippen molar-refractivity contribution in [1.82, 2.24) is 9.21 Å². The lowest BCUT2D eigenvalue weighted by Crippen LogP contribution is -2.29. The molecule has 0 atom stereocenters. The summed E-state index contributed by atoms with van der Waals surface area (Å²) in [5.74, 6) is -0.843. The van der Waals surface area contributed by atoms with Gasteiger partial charge in [-0.15, -0.1) is 0 Å². The fraction of sp³-hybridized carbons (Fsp3) is 0.667. The molecule has 0 radical (unpaired) electrons. The summed E-state index contributed by atoms with van der Waals surface area (Å²) in [5.41, 5.74) is 0. The molecule has 0 amide bonds. The molecule has 0 aliphatic carbocycles. The Morgan fingerprint density at radius 1 is 1.25 bits per heavy atom. The SMILES string of the molecule is CCOC(=O)/C(=C\N(C)C)S(=O)(=O)N(C)C. The second-order valence-corrected chi connectivity index (χ2v) is 5.59. The lowest BCUT2D eigenvalue weighted by atomic mass is 10.6. The molecule has 94 valence electrons. The van der Waals surface area contributed by atoms with E-state index in [2.05, 4.69) is 0 Å². The van der Waals surface area contributed by atoms with Crippen molar-refractivity contribution in [2.24, 2.45) is 0 Å². The summed E-state index contributed by atoms with van der Waals surface area (Å²) in [6, 6.07) is 0. The summed E-state index contributed by atoms with van der Waals surface area (Å²) in [6.45, 7) is 1.75. The molecule has 0 saturated carbocycles. The Morgan fingerprint density at radius 3 is 2.06 bits per heavy atom. The molecule has 0 spiro atoms. The summed E-state index contributed by atoms with van der Waals surface area (Å²) < 4.78 is 29.3. The maximum Gasteiger partial charge on any atom is 0.352 e. The van der Waals surface area contributed by atoms with Gasteiger partial charge in [-0.25, -0.2) is 17.5 Å². The molecule has 0 heterocycles. The smallest absolute Gasteiger partial charge is 0.352 e. The van der Waals surface area contributed by atoms with Crippen LogP contribution in [-0.4, -0.2) is 58.4 Å². The third kappa shape index (κ3) is 3.82. The van der Waals surface area contributed by atoms with Gasteiger partial charge in [-0.3, -0.25) is 0 Å². The van der Waals surface area contributed by atoms with Crippen molar-refractivity contribution in [3.05, 3.63) is 11.1 Å². The van der Waals surface area contributed by atoms with Crippen LogP contribution in [0.1, 0.15) is 6.92 Å². The van der Waals surface area contributed by atoms with Gasteiger partial charge in [0.05, 0.1) is 6.61 Å². The van der Waals surface area contributed by atoms with Crippen molar-refractivity contribution in [3.63, 3.8) is 0 Å². The van der Waals surface area contributed by atoms with E-state index in [1.165, 1.54) is 25.2 Å². The Bertz CT molecular complexity index is 371. The number of rotatable bonds is 5. The summed E-state index contributed by atoms with van der Waals surface area (Å²) in [4.78, 5) is 12.6. The highest BCUT2D eigenvalue weighted by atomic mass is 32.2. The number of carbonyl (C=O) groups is 1. The van der Waals surface area contributed by atoms with Gasteiger partial charge in [0, 0.05) is 34.4 Å². The van der Waals surface area contributed by atoms with E-state index in [0.29, 0.717) is 0 Å². The molecule has 7 heteroatoms. The van der Waals surface area contributed by atoms with E-state index in [-0.39, 0.29) is 11.5 Å². The van der Waals surface area contributed by atoms with Gasteiger partial charge in [0.15, 0.2) is 4.91 Å². The first-order chi connectivity index (χ1) is 7.23. The average Bonchev–Trinajstić information content (AvgIpc) is 2.13. The lowest BCUT2D eigenvalue weighted by Gasteiger charge is -2.15. The van der Waals surface area contributed by atoms with Gasteiger partial charge in [0.1, 0.15) is 0 Å². The van der Waals surface area contributed by atoms with Crippen LogP contribution in [0.3, 0.4) is 0 Å². The molecule has 0 aromatic heterocycles. The van der Waals surface area contributed by atoms with Crippen LogP contribution in [0.4, 0.5) is 0 Å². The summed E-state index contributed by atoms with van der Waals surface area (Å²) in [7, 11) is 2.20.